The normalized spacial score (nSPS) is 11.6. The molecule has 0 saturated carbocycles. The number of hydrogen-bond acceptors (Lipinski definition) is 3. The van der Waals surface area contributed by atoms with Crippen molar-refractivity contribution in [3.05, 3.63) is 107 Å². The Bertz CT molecular complexity index is 1120. The number of carbonyl (C=O) groups excluding carboxylic acids is 2. The molecule has 0 aliphatic heterocycles. The number of nitrogens with zero attached hydrogens (tertiary/aromatic N) is 1. The summed E-state index contributed by atoms with van der Waals surface area (Å²) in [6, 6.07) is 25.9. The maximum atomic E-state index is 13.7. The van der Waals surface area contributed by atoms with Crippen molar-refractivity contribution < 1.29 is 9.59 Å². The number of unbranched alkanes of at least 4 members (excludes halogenated alkanes) is 1. The Morgan fingerprint density at radius 2 is 1.50 bits per heavy atom. The summed E-state index contributed by atoms with van der Waals surface area (Å²) in [6.07, 6.45) is 2.41. The first-order valence-electron chi connectivity index (χ1n) is 12.8. The fourth-order valence-corrected chi connectivity index (χ4v) is 5.07. The van der Waals surface area contributed by atoms with Crippen LogP contribution in [0.4, 0.5) is 0 Å². The molecule has 0 radical (unpaired) electrons. The molecular formula is C31H38N2O2S. The Labute approximate surface area is 220 Å². The van der Waals surface area contributed by atoms with Crippen LogP contribution in [0.3, 0.4) is 0 Å². The van der Waals surface area contributed by atoms with Crippen LogP contribution in [0.1, 0.15) is 47.6 Å². The molecule has 0 aromatic heterocycles. The van der Waals surface area contributed by atoms with Gasteiger partial charge >= 0.3 is 0 Å². The molecule has 0 aliphatic rings. The third kappa shape index (κ3) is 8.87. The lowest BCUT2D eigenvalue weighted by molar-refractivity contribution is -0.139. The molecule has 0 unspecified atom stereocenters. The Balaban J connectivity index is 1.83. The van der Waals surface area contributed by atoms with Crippen molar-refractivity contribution in [2.45, 2.75) is 58.4 Å². The summed E-state index contributed by atoms with van der Waals surface area (Å²) < 4.78 is 0. The third-order valence-corrected chi connectivity index (χ3v) is 7.10. The molecule has 1 atom stereocenters. The predicted octanol–water partition coefficient (Wildman–Crippen LogP) is 6.09. The molecule has 0 aliphatic carbocycles. The smallest absolute Gasteiger partial charge is 0.243 e. The van der Waals surface area contributed by atoms with E-state index in [9.17, 15) is 9.59 Å². The van der Waals surface area contributed by atoms with Gasteiger partial charge in [-0.05, 0) is 37.0 Å². The zero-order valence-electron chi connectivity index (χ0n) is 21.7. The van der Waals surface area contributed by atoms with Crippen LogP contribution >= 0.6 is 11.8 Å². The minimum Gasteiger partial charge on any atom is -0.354 e. The van der Waals surface area contributed by atoms with Crippen LogP contribution < -0.4 is 5.32 Å². The van der Waals surface area contributed by atoms with Crippen LogP contribution in [0.25, 0.3) is 0 Å². The van der Waals surface area contributed by atoms with Crippen molar-refractivity contribution in [2.24, 2.45) is 0 Å². The van der Waals surface area contributed by atoms with E-state index in [1.54, 1.807) is 16.7 Å². The zero-order valence-corrected chi connectivity index (χ0v) is 22.5. The summed E-state index contributed by atoms with van der Waals surface area (Å²) in [5.41, 5.74) is 5.64. The average Bonchev–Trinajstić information content (AvgIpc) is 2.87. The highest BCUT2D eigenvalue weighted by atomic mass is 32.2. The molecular weight excluding hydrogens is 464 g/mol. The largest absolute Gasteiger partial charge is 0.354 e. The number of nitrogens with one attached hydrogen (secondary N) is 1. The van der Waals surface area contributed by atoms with Crippen LogP contribution in [0.15, 0.2) is 78.9 Å². The third-order valence-electron chi connectivity index (χ3n) is 6.11. The molecule has 4 nitrogen and oxygen atoms in total. The lowest BCUT2D eigenvalue weighted by Gasteiger charge is -2.31. The van der Waals surface area contributed by atoms with Crippen molar-refractivity contribution in [3.63, 3.8) is 0 Å². The van der Waals surface area contributed by atoms with Gasteiger partial charge in [-0.15, -0.1) is 11.8 Å². The molecule has 3 aromatic rings. The maximum Gasteiger partial charge on any atom is 0.243 e. The minimum atomic E-state index is -0.572. The first-order valence-corrected chi connectivity index (χ1v) is 13.9. The molecule has 0 saturated heterocycles. The Morgan fingerprint density at radius 3 is 2.17 bits per heavy atom. The van der Waals surface area contributed by atoms with Crippen molar-refractivity contribution in [1.29, 1.82) is 0 Å². The standard InChI is InChI=1S/C31H38N2O2S/c1-4-5-17-32-31(35)29(20-26-13-7-6-8-14-26)33(21-27-15-9-11-24(2)18-27)30(34)23-36-22-28-16-10-12-25(3)19-28/h6-16,18-19,29H,4-5,17,20-23H2,1-3H3,(H,32,35)/t29-/m1/s1. The summed E-state index contributed by atoms with van der Waals surface area (Å²) in [5, 5.41) is 3.08. The molecule has 3 aromatic carbocycles. The number of carbonyl (C=O) groups is 2. The van der Waals surface area contributed by atoms with E-state index in [4.69, 9.17) is 0 Å². The van der Waals surface area contributed by atoms with Gasteiger partial charge in [0.1, 0.15) is 6.04 Å². The second-order valence-electron chi connectivity index (χ2n) is 9.34. The first-order chi connectivity index (χ1) is 17.5. The SMILES string of the molecule is CCCCNC(=O)[C@@H](Cc1ccccc1)N(Cc1cccc(C)c1)C(=O)CSCc1cccc(C)c1. The quantitative estimate of drug-likeness (QED) is 0.288. The van der Waals surface area contributed by atoms with E-state index in [0.29, 0.717) is 25.3 Å². The van der Waals surface area contributed by atoms with E-state index in [1.165, 1.54) is 11.1 Å². The van der Waals surface area contributed by atoms with Crippen LogP contribution in [-0.2, 0) is 28.3 Å². The van der Waals surface area contributed by atoms with E-state index in [2.05, 4.69) is 43.4 Å². The van der Waals surface area contributed by atoms with E-state index in [1.807, 2.05) is 61.5 Å². The van der Waals surface area contributed by atoms with Crippen molar-refractivity contribution >= 4 is 23.6 Å². The van der Waals surface area contributed by atoms with E-state index >= 15 is 0 Å². The van der Waals surface area contributed by atoms with Gasteiger partial charge in [-0.2, -0.15) is 0 Å². The Kier molecular flexibility index (Phi) is 11.1. The Morgan fingerprint density at radius 1 is 0.861 bits per heavy atom. The molecule has 36 heavy (non-hydrogen) atoms. The van der Waals surface area contributed by atoms with Crippen molar-refractivity contribution in [2.75, 3.05) is 12.3 Å². The molecule has 0 fully saturated rings. The lowest BCUT2D eigenvalue weighted by Crippen LogP contribution is -2.51. The van der Waals surface area contributed by atoms with E-state index in [0.717, 1.165) is 35.3 Å². The predicted molar refractivity (Wildman–Crippen MR) is 151 cm³/mol. The van der Waals surface area contributed by atoms with Gasteiger partial charge in [0.25, 0.3) is 0 Å². The van der Waals surface area contributed by atoms with Crippen LogP contribution in [0.5, 0.6) is 0 Å². The molecule has 1 N–H and O–H groups in total. The minimum absolute atomic E-state index is 0.0132. The van der Waals surface area contributed by atoms with Gasteiger partial charge in [-0.1, -0.05) is 103 Å². The van der Waals surface area contributed by atoms with Gasteiger partial charge in [0, 0.05) is 25.3 Å². The number of benzene rings is 3. The van der Waals surface area contributed by atoms with E-state index in [-0.39, 0.29) is 11.8 Å². The highest BCUT2D eigenvalue weighted by Gasteiger charge is 2.30. The highest BCUT2D eigenvalue weighted by Crippen LogP contribution is 2.19. The summed E-state index contributed by atoms with van der Waals surface area (Å²) in [5.74, 6) is 0.989. The topological polar surface area (TPSA) is 49.4 Å². The average molecular weight is 503 g/mol. The fourth-order valence-electron chi connectivity index (χ4n) is 4.21. The molecule has 5 heteroatoms. The summed E-state index contributed by atoms with van der Waals surface area (Å²) in [4.78, 5) is 28.9. The number of thioether (sulfide) groups is 1. The van der Waals surface area contributed by atoms with Gasteiger partial charge in [0.15, 0.2) is 0 Å². The van der Waals surface area contributed by atoms with E-state index < -0.39 is 6.04 Å². The number of aryl methyl sites for hydroxylation is 2. The monoisotopic (exact) mass is 502 g/mol. The molecule has 190 valence electrons. The highest BCUT2D eigenvalue weighted by molar-refractivity contribution is 7.99. The number of hydrogen-bond donors (Lipinski definition) is 1. The molecule has 0 spiro atoms. The van der Waals surface area contributed by atoms with Gasteiger partial charge in [-0.3, -0.25) is 9.59 Å². The molecule has 0 heterocycles. The summed E-state index contributed by atoms with van der Waals surface area (Å²) in [6.45, 7) is 7.26. The van der Waals surface area contributed by atoms with Crippen LogP contribution in [0.2, 0.25) is 0 Å². The molecule has 3 rings (SSSR count). The maximum absolute atomic E-state index is 13.7. The zero-order chi connectivity index (χ0) is 25.8. The number of amides is 2. The Hall–Kier alpha value is -3.05. The number of rotatable bonds is 13. The van der Waals surface area contributed by atoms with Crippen LogP contribution in [-0.4, -0.2) is 35.1 Å². The van der Waals surface area contributed by atoms with Gasteiger partial charge < -0.3 is 10.2 Å². The van der Waals surface area contributed by atoms with Gasteiger partial charge in [0.05, 0.1) is 5.75 Å². The second kappa shape index (κ2) is 14.5. The lowest BCUT2D eigenvalue weighted by atomic mass is 10.0. The van der Waals surface area contributed by atoms with Crippen molar-refractivity contribution in [3.8, 4) is 0 Å². The first kappa shape index (κ1) is 27.5. The van der Waals surface area contributed by atoms with Gasteiger partial charge in [0.2, 0.25) is 11.8 Å². The molecule has 0 bridgehead atoms. The molecule has 2 amide bonds. The van der Waals surface area contributed by atoms with Crippen molar-refractivity contribution in [1.82, 2.24) is 10.2 Å². The fraction of sp³-hybridized carbons (Fsp3) is 0.355. The summed E-state index contributed by atoms with van der Waals surface area (Å²) in [7, 11) is 0. The second-order valence-corrected chi connectivity index (χ2v) is 10.3. The van der Waals surface area contributed by atoms with Gasteiger partial charge in [-0.25, -0.2) is 0 Å². The van der Waals surface area contributed by atoms with Crippen LogP contribution in [0, 0.1) is 13.8 Å². The summed E-state index contributed by atoms with van der Waals surface area (Å²) >= 11 is 1.60.